The van der Waals surface area contributed by atoms with Gasteiger partial charge < -0.3 is 30.9 Å². The zero-order chi connectivity index (χ0) is 23.4. The van der Waals surface area contributed by atoms with Crippen LogP contribution >= 0.6 is 0 Å². The largest absolute Gasteiger partial charge is 0.481 e. The Morgan fingerprint density at radius 1 is 0.903 bits per heavy atom. The molecule has 0 fully saturated rings. The Hall–Kier alpha value is -3.96. The number of benzene rings is 1. The summed E-state index contributed by atoms with van der Waals surface area (Å²) in [6.07, 6.45) is -1.49. The maximum absolute atomic E-state index is 12.6. The second-order valence-corrected chi connectivity index (χ2v) is 6.37. The Balaban J connectivity index is 2.98. The summed E-state index contributed by atoms with van der Waals surface area (Å²) in [6, 6.07) is 4.28. The van der Waals surface area contributed by atoms with E-state index in [4.69, 9.17) is 10.2 Å². The molecular weight excluding hydrogens is 414 g/mol. The summed E-state index contributed by atoms with van der Waals surface area (Å²) >= 11 is 0. The van der Waals surface area contributed by atoms with Crippen LogP contribution in [0.1, 0.15) is 18.4 Å². The number of aliphatic carboxylic acids is 2. The average molecular weight is 437 g/mol. The van der Waals surface area contributed by atoms with Gasteiger partial charge in [0.2, 0.25) is 18.2 Å². The van der Waals surface area contributed by atoms with Crippen LogP contribution in [0.4, 0.5) is 0 Å². The van der Waals surface area contributed by atoms with Crippen molar-refractivity contribution < 1.29 is 43.7 Å². The normalized spacial score (nSPS) is 13.1. The van der Waals surface area contributed by atoms with Crippen molar-refractivity contribution in [3.63, 3.8) is 0 Å². The van der Waals surface area contributed by atoms with Gasteiger partial charge in [-0.15, -0.1) is 0 Å². The number of hydrogen-bond acceptors (Lipinski definition) is 7. The molecule has 0 aliphatic heterocycles. The monoisotopic (exact) mass is 437 g/mol. The maximum atomic E-state index is 12.6. The van der Waals surface area contributed by atoms with E-state index in [1.165, 1.54) is 0 Å². The van der Waals surface area contributed by atoms with Crippen molar-refractivity contribution in [1.29, 1.82) is 0 Å². The van der Waals surface area contributed by atoms with Gasteiger partial charge in [0.1, 0.15) is 18.1 Å². The van der Waals surface area contributed by atoms with Crippen LogP contribution in [0.25, 0.3) is 0 Å². The summed E-state index contributed by atoms with van der Waals surface area (Å²) in [7, 11) is 1.12. The van der Waals surface area contributed by atoms with Crippen molar-refractivity contribution in [2.24, 2.45) is 0 Å². The van der Waals surface area contributed by atoms with Gasteiger partial charge in [-0.3, -0.25) is 24.0 Å². The molecule has 0 spiro atoms. The Bertz CT molecular complexity index is 813. The first-order valence-electron chi connectivity index (χ1n) is 9.03. The van der Waals surface area contributed by atoms with Crippen molar-refractivity contribution in [2.75, 3.05) is 7.11 Å². The minimum Gasteiger partial charge on any atom is -0.481 e. The molecule has 0 heterocycles. The lowest BCUT2D eigenvalue weighted by atomic mass is 10.0. The summed E-state index contributed by atoms with van der Waals surface area (Å²) in [5.41, 5.74) is 0.689. The van der Waals surface area contributed by atoms with E-state index in [1.54, 1.807) is 30.3 Å². The zero-order valence-electron chi connectivity index (χ0n) is 16.6. The molecule has 0 saturated carbocycles. The molecule has 0 radical (unpaired) electrons. The number of esters is 1. The fourth-order valence-corrected chi connectivity index (χ4v) is 2.60. The molecule has 31 heavy (non-hydrogen) atoms. The third-order valence-corrected chi connectivity index (χ3v) is 4.06. The van der Waals surface area contributed by atoms with Crippen LogP contribution < -0.4 is 16.0 Å². The van der Waals surface area contributed by atoms with E-state index in [9.17, 15) is 28.8 Å². The van der Waals surface area contributed by atoms with E-state index < -0.39 is 60.7 Å². The average Bonchev–Trinajstić information content (AvgIpc) is 2.71. The molecule has 0 aromatic heterocycles. The quantitative estimate of drug-likeness (QED) is 0.179. The topological polar surface area (TPSA) is 188 Å². The summed E-state index contributed by atoms with van der Waals surface area (Å²) in [4.78, 5) is 69.6. The second kappa shape index (κ2) is 12.6. The lowest BCUT2D eigenvalue weighted by Gasteiger charge is -2.23. The van der Waals surface area contributed by atoms with Gasteiger partial charge in [-0.2, -0.15) is 0 Å². The maximum Gasteiger partial charge on any atom is 0.328 e. The smallest absolute Gasteiger partial charge is 0.328 e. The van der Waals surface area contributed by atoms with Gasteiger partial charge in [-0.25, -0.2) is 4.79 Å². The highest BCUT2D eigenvalue weighted by Gasteiger charge is 2.31. The van der Waals surface area contributed by atoms with Gasteiger partial charge >= 0.3 is 17.9 Å². The number of carboxylic acids is 2. The minimum atomic E-state index is -1.64. The van der Waals surface area contributed by atoms with Crippen molar-refractivity contribution in [2.45, 2.75) is 37.4 Å². The molecule has 12 nitrogen and oxygen atoms in total. The number of nitrogens with one attached hydrogen (secondary N) is 3. The highest BCUT2D eigenvalue weighted by atomic mass is 16.5. The van der Waals surface area contributed by atoms with E-state index in [-0.39, 0.29) is 12.8 Å². The number of carbonyl (C=O) groups excluding carboxylic acids is 4. The molecule has 0 aliphatic carbocycles. The number of carboxylic acid groups (broad SMARTS) is 2. The van der Waals surface area contributed by atoms with Gasteiger partial charge in [0.05, 0.1) is 20.0 Å². The molecule has 1 aromatic carbocycles. The van der Waals surface area contributed by atoms with Gasteiger partial charge in [-0.1, -0.05) is 30.3 Å². The first-order chi connectivity index (χ1) is 14.7. The minimum absolute atomic E-state index is 0.0430. The van der Waals surface area contributed by atoms with Gasteiger partial charge in [0.15, 0.2) is 0 Å². The molecule has 12 heteroatoms. The van der Waals surface area contributed by atoms with Crippen molar-refractivity contribution >= 4 is 36.1 Å². The molecule has 0 bridgehead atoms. The number of ether oxygens (including phenoxy) is 1. The van der Waals surface area contributed by atoms with Crippen LogP contribution in [0.2, 0.25) is 0 Å². The summed E-state index contributed by atoms with van der Waals surface area (Å²) in [6.45, 7) is 0. The van der Waals surface area contributed by atoms with E-state index in [1.807, 2.05) is 5.32 Å². The van der Waals surface area contributed by atoms with Crippen LogP contribution in [-0.2, 0) is 39.9 Å². The number of rotatable bonds is 13. The van der Waals surface area contributed by atoms with Gasteiger partial charge in [-0.05, 0) is 5.56 Å². The van der Waals surface area contributed by atoms with E-state index >= 15 is 0 Å². The first-order valence-corrected chi connectivity index (χ1v) is 9.03. The van der Waals surface area contributed by atoms with Crippen molar-refractivity contribution in [1.82, 2.24) is 16.0 Å². The first kappa shape index (κ1) is 25.1. The molecule has 0 aliphatic rings. The predicted molar refractivity (Wildman–Crippen MR) is 104 cm³/mol. The van der Waals surface area contributed by atoms with Crippen LogP contribution in [0.3, 0.4) is 0 Å². The van der Waals surface area contributed by atoms with Crippen molar-refractivity contribution in [3.8, 4) is 0 Å². The molecule has 0 unspecified atom stereocenters. The SMILES string of the molecule is COC(=O)[C@H](Cc1ccccc1)NC(=O)[C@H](CC(=O)O)NC(=O)[C@H](CC(=O)O)NC=O. The zero-order valence-corrected chi connectivity index (χ0v) is 16.6. The number of methoxy groups -OCH3 is 1. The number of amides is 3. The fraction of sp³-hybridized carbons (Fsp3) is 0.368. The lowest BCUT2D eigenvalue weighted by Crippen LogP contribution is -2.56. The molecule has 1 aromatic rings. The van der Waals surface area contributed by atoms with Gasteiger partial charge in [0, 0.05) is 6.42 Å². The molecule has 0 saturated heterocycles. The summed E-state index contributed by atoms with van der Waals surface area (Å²) < 4.78 is 4.67. The highest BCUT2D eigenvalue weighted by Crippen LogP contribution is 2.06. The van der Waals surface area contributed by atoms with E-state index in [0.717, 1.165) is 7.11 Å². The molecule has 3 amide bonds. The van der Waals surface area contributed by atoms with Gasteiger partial charge in [0.25, 0.3) is 0 Å². The summed E-state index contributed by atoms with van der Waals surface area (Å²) in [5, 5.41) is 24.3. The standard InChI is InChI=1S/C19H23N3O9/c1-31-19(30)14(7-11-5-3-2-4-6-11)22-18(29)13(9-16(26)27)21-17(28)12(20-10-23)8-15(24)25/h2-6,10,12-14H,7-9H2,1H3,(H,20,23)(H,21,28)(H,22,29)(H,24,25)(H,26,27)/t12-,13-,14-/m0/s1. The number of hydrogen-bond donors (Lipinski definition) is 5. The van der Waals surface area contributed by atoms with Crippen LogP contribution in [0, 0.1) is 0 Å². The molecule has 5 N–H and O–H groups in total. The number of carbonyl (C=O) groups is 6. The van der Waals surface area contributed by atoms with Crippen LogP contribution in [0.15, 0.2) is 30.3 Å². The molecular formula is C19H23N3O9. The Morgan fingerprint density at radius 2 is 1.42 bits per heavy atom. The Morgan fingerprint density at radius 3 is 1.94 bits per heavy atom. The van der Waals surface area contributed by atoms with Crippen molar-refractivity contribution in [3.05, 3.63) is 35.9 Å². The Labute approximate surface area is 176 Å². The van der Waals surface area contributed by atoms with E-state index in [2.05, 4.69) is 15.4 Å². The lowest BCUT2D eigenvalue weighted by molar-refractivity contribution is -0.146. The summed E-state index contributed by atoms with van der Waals surface area (Å²) in [5.74, 6) is -5.70. The predicted octanol–water partition coefficient (Wildman–Crippen LogP) is -1.56. The molecule has 3 atom stereocenters. The molecule has 1 rings (SSSR count). The third kappa shape index (κ3) is 8.94. The van der Waals surface area contributed by atoms with E-state index in [0.29, 0.717) is 5.56 Å². The second-order valence-electron chi connectivity index (χ2n) is 6.37. The Kier molecular flexibility index (Phi) is 10.2. The fourth-order valence-electron chi connectivity index (χ4n) is 2.60. The highest BCUT2D eigenvalue weighted by molar-refractivity contribution is 5.95. The third-order valence-electron chi connectivity index (χ3n) is 4.06. The van der Waals surface area contributed by atoms with Crippen LogP contribution in [0.5, 0.6) is 0 Å². The molecule has 168 valence electrons. The van der Waals surface area contributed by atoms with Crippen LogP contribution in [-0.4, -0.2) is 71.6 Å².